The Hall–Kier alpha value is -3.37. The first kappa shape index (κ1) is 34.0. The smallest absolute Gasteiger partial charge is 0.268 e. The highest BCUT2D eigenvalue weighted by Gasteiger charge is 2.29. The van der Waals surface area contributed by atoms with Gasteiger partial charge in [-0.2, -0.15) is 0 Å². The van der Waals surface area contributed by atoms with Crippen LogP contribution in [0.25, 0.3) is 22.3 Å². The molecule has 1 atom stereocenters. The van der Waals surface area contributed by atoms with E-state index in [1.165, 1.54) is 25.3 Å². The Morgan fingerprint density at radius 3 is 2.17 bits per heavy atom. The fraction of sp³-hybridized carbons (Fsp3) is 0.303. The fourth-order valence-electron chi connectivity index (χ4n) is 5.13. The molecule has 0 aliphatic heterocycles. The van der Waals surface area contributed by atoms with Crippen molar-refractivity contribution >= 4 is 51.6 Å². The number of hydrogen-bond acceptors (Lipinski definition) is 8. The minimum Gasteiger partial charge on any atom is -0.493 e. The first-order valence-corrected chi connectivity index (χ1v) is 20.9. The van der Waals surface area contributed by atoms with Gasteiger partial charge in [-0.25, -0.2) is 17.4 Å². The number of aliphatic hydroxyl groups excluding tert-OH is 1. The van der Waals surface area contributed by atoms with Crippen LogP contribution in [-0.4, -0.2) is 63.1 Å². The van der Waals surface area contributed by atoms with Crippen LogP contribution in [0.1, 0.15) is 17.4 Å². The lowest BCUT2D eigenvalue weighted by Gasteiger charge is -2.17. The number of hydrogen-bond donors (Lipinski definition) is 1. The Labute approximate surface area is 284 Å². The number of nitrogens with zero attached hydrogens (tertiary/aromatic N) is 3. The topological polar surface area (TPSA) is 114 Å². The summed E-state index contributed by atoms with van der Waals surface area (Å²) in [6, 6.07) is 20.0. The van der Waals surface area contributed by atoms with Gasteiger partial charge in [0, 0.05) is 31.8 Å². The summed E-state index contributed by atoms with van der Waals surface area (Å²) in [6.45, 7) is 7.60. The molecule has 5 aromatic rings. The Balaban J connectivity index is 1.68. The molecule has 5 rings (SSSR count). The summed E-state index contributed by atoms with van der Waals surface area (Å²) in [7, 11) is -0.729. The second kappa shape index (κ2) is 13.8. The molecule has 0 saturated carbocycles. The molecule has 0 fully saturated rings. The minimum absolute atomic E-state index is 0.165. The van der Waals surface area contributed by atoms with E-state index < -0.39 is 24.2 Å². The van der Waals surface area contributed by atoms with Crippen LogP contribution < -0.4 is 14.2 Å². The number of halogens is 1. The Morgan fingerprint density at radius 1 is 0.935 bits per heavy atom. The van der Waals surface area contributed by atoms with E-state index in [2.05, 4.69) is 42.2 Å². The van der Waals surface area contributed by atoms with Gasteiger partial charge in [-0.15, -0.1) is 0 Å². The first-order valence-electron chi connectivity index (χ1n) is 14.6. The zero-order valence-corrected chi connectivity index (χ0v) is 30.6. The maximum Gasteiger partial charge on any atom is 0.268 e. The predicted octanol–water partition coefficient (Wildman–Crippen LogP) is 6.77. The normalized spacial score (nSPS) is 12.8. The third-order valence-corrected chi connectivity index (χ3v) is 12.2. The molecule has 0 amide bonds. The summed E-state index contributed by atoms with van der Waals surface area (Å²) in [6.07, 6.45) is 0.420. The highest BCUT2D eigenvalue weighted by molar-refractivity contribution is 14.1. The van der Waals surface area contributed by atoms with E-state index in [-0.39, 0.29) is 11.6 Å². The largest absolute Gasteiger partial charge is 0.493 e. The monoisotopic (exact) mass is 775 g/mol. The zero-order chi connectivity index (χ0) is 33.2. The molecule has 3 aromatic carbocycles. The van der Waals surface area contributed by atoms with Crippen molar-refractivity contribution < 1.29 is 32.5 Å². The minimum atomic E-state index is -3.93. The zero-order valence-electron chi connectivity index (χ0n) is 26.7. The molecule has 10 nitrogen and oxygen atoms in total. The molecule has 1 unspecified atom stereocenters. The van der Waals surface area contributed by atoms with E-state index in [1.807, 2.05) is 16.7 Å². The molecule has 0 radical (unpaired) electrons. The van der Waals surface area contributed by atoms with Gasteiger partial charge in [0.25, 0.3) is 10.0 Å². The molecule has 0 bridgehead atoms. The lowest BCUT2D eigenvalue weighted by Crippen LogP contribution is -2.22. The number of ether oxygens (including phenoxy) is 4. The van der Waals surface area contributed by atoms with E-state index >= 15 is 0 Å². The van der Waals surface area contributed by atoms with Gasteiger partial charge in [-0.1, -0.05) is 56.0 Å². The average Bonchev–Trinajstić information content (AvgIpc) is 3.59. The number of rotatable bonds is 13. The maximum absolute atomic E-state index is 13.9. The van der Waals surface area contributed by atoms with Crippen LogP contribution >= 0.6 is 22.6 Å². The number of para-hydroxylation sites is 1. The van der Waals surface area contributed by atoms with E-state index in [0.29, 0.717) is 61.1 Å². The van der Waals surface area contributed by atoms with Crippen molar-refractivity contribution in [3.63, 3.8) is 0 Å². The number of imidazole rings is 1. The van der Waals surface area contributed by atoms with Gasteiger partial charge in [0.05, 0.1) is 31.7 Å². The number of benzene rings is 3. The fourth-order valence-corrected chi connectivity index (χ4v) is 8.06. The van der Waals surface area contributed by atoms with E-state index in [4.69, 9.17) is 23.9 Å². The molecule has 0 aliphatic rings. The maximum atomic E-state index is 13.9. The van der Waals surface area contributed by atoms with Gasteiger partial charge in [0.1, 0.15) is 28.1 Å². The molecule has 0 aliphatic carbocycles. The van der Waals surface area contributed by atoms with Crippen molar-refractivity contribution in [3.05, 3.63) is 87.9 Å². The Bertz CT molecular complexity index is 1930. The van der Waals surface area contributed by atoms with Crippen LogP contribution in [0.3, 0.4) is 0 Å². The number of methoxy groups -OCH3 is 3. The Morgan fingerprint density at radius 2 is 1.57 bits per heavy atom. The van der Waals surface area contributed by atoms with Crippen molar-refractivity contribution in [2.45, 2.75) is 43.4 Å². The average molecular weight is 776 g/mol. The van der Waals surface area contributed by atoms with Gasteiger partial charge < -0.3 is 24.1 Å². The quantitative estimate of drug-likeness (QED) is 0.0793. The van der Waals surface area contributed by atoms with Crippen molar-refractivity contribution in [3.8, 4) is 28.6 Å². The number of aliphatic hydroxyl groups is 1. The van der Waals surface area contributed by atoms with Crippen molar-refractivity contribution in [1.82, 2.24) is 13.5 Å². The highest BCUT2D eigenvalue weighted by atomic mass is 127. The lowest BCUT2D eigenvalue weighted by atomic mass is 10.1. The second-order valence-corrected chi connectivity index (χ2v) is 20.4. The third kappa shape index (κ3) is 6.69. The molecule has 2 heterocycles. The van der Waals surface area contributed by atoms with E-state index in [1.54, 1.807) is 60.8 Å². The highest BCUT2D eigenvalue weighted by Crippen LogP contribution is 2.42. The third-order valence-electron chi connectivity index (χ3n) is 7.63. The molecule has 0 spiro atoms. The van der Waals surface area contributed by atoms with Gasteiger partial charge >= 0.3 is 0 Å². The molecular formula is C33H38IN3O7SSi. The van der Waals surface area contributed by atoms with Crippen molar-refractivity contribution in [2.24, 2.45) is 0 Å². The molecule has 2 aromatic heterocycles. The van der Waals surface area contributed by atoms with Gasteiger partial charge in [0.2, 0.25) is 5.75 Å². The van der Waals surface area contributed by atoms with Crippen molar-refractivity contribution in [2.75, 3.05) is 27.9 Å². The van der Waals surface area contributed by atoms with Gasteiger partial charge in [-0.3, -0.25) is 4.57 Å². The van der Waals surface area contributed by atoms with Crippen LogP contribution in [0.5, 0.6) is 17.2 Å². The standard InChI is InChI=1S/C33H38IN3O7SSi/c1-41-27-18-22(19-28(42-2)31(27)43-3)30(38)29-32(34)36(21-44-16-17-46(4,5)6)33(35-29)25-20-37(26-15-11-10-14-24(25)26)45(39,40)23-12-8-7-9-13-23/h7-15,18-20,30,38H,16-17,21H2,1-6H3. The van der Waals surface area contributed by atoms with E-state index in [0.717, 1.165) is 6.04 Å². The summed E-state index contributed by atoms with van der Waals surface area (Å²) in [4.78, 5) is 5.14. The summed E-state index contributed by atoms with van der Waals surface area (Å²) in [5, 5.41) is 12.5. The van der Waals surface area contributed by atoms with Gasteiger partial charge in [-0.05, 0) is 64.5 Å². The molecule has 13 heteroatoms. The van der Waals surface area contributed by atoms with Crippen LogP contribution in [0.15, 0.2) is 77.8 Å². The first-order chi connectivity index (χ1) is 21.9. The van der Waals surface area contributed by atoms with Crippen molar-refractivity contribution in [1.29, 1.82) is 0 Å². The Kier molecular flexibility index (Phi) is 10.2. The van der Waals surface area contributed by atoms with E-state index in [9.17, 15) is 13.5 Å². The summed E-state index contributed by atoms with van der Waals surface area (Å²) >= 11 is 2.16. The van der Waals surface area contributed by atoms with Crippen LogP contribution in [0, 0.1) is 3.70 Å². The predicted molar refractivity (Wildman–Crippen MR) is 189 cm³/mol. The summed E-state index contributed by atoms with van der Waals surface area (Å²) in [5.74, 6) is 1.67. The number of fused-ring (bicyclic) bond motifs is 1. The number of aromatic nitrogens is 3. The molecule has 1 N–H and O–H groups in total. The van der Waals surface area contributed by atoms with Crippen LogP contribution in [0.4, 0.5) is 0 Å². The second-order valence-electron chi connectivity index (χ2n) is 11.9. The van der Waals surface area contributed by atoms with Crippen LogP contribution in [-0.2, 0) is 21.5 Å². The van der Waals surface area contributed by atoms with Crippen LogP contribution in [0.2, 0.25) is 25.7 Å². The molecule has 0 saturated heterocycles. The lowest BCUT2D eigenvalue weighted by molar-refractivity contribution is 0.0864. The van der Waals surface area contributed by atoms with Gasteiger partial charge in [0.15, 0.2) is 11.5 Å². The summed E-state index contributed by atoms with van der Waals surface area (Å²) in [5.41, 5.74) is 1.96. The molecule has 46 heavy (non-hydrogen) atoms. The molecule has 244 valence electrons. The molecular weight excluding hydrogens is 737 g/mol. The SMILES string of the molecule is COc1cc(C(O)c2nc(-c3cn(S(=O)(=O)c4ccccc4)c4ccccc34)n(COCC[Si](C)(C)C)c2I)cc(OC)c1OC. The summed E-state index contributed by atoms with van der Waals surface area (Å²) < 4.78 is 54.2.